The lowest BCUT2D eigenvalue weighted by atomic mass is 9.89. The molecule has 0 spiro atoms. The number of hydrogen-bond donors (Lipinski definition) is 5. The van der Waals surface area contributed by atoms with E-state index < -0.39 is 29.9 Å². The van der Waals surface area contributed by atoms with Crippen molar-refractivity contribution in [1.29, 1.82) is 0 Å². The van der Waals surface area contributed by atoms with Crippen molar-refractivity contribution < 1.29 is 24.3 Å². The van der Waals surface area contributed by atoms with E-state index in [0.29, 0.717) is 32.2 Å². The van der Waals surface area contributed by atoms with Gasteiger partial charge in [-0.1, -0.05) is 72.8 Å². The SMILES string of the molecule is NCCCC[C@H](NC(=O)[C@H](CCC(=O)O)NC(=O)CCC1C=CC(c2ccc(-c3ccccc3)cc2)=CC1)C(N)=O. The van der Waals surface area contributed by atoms with Gasteiger partial charge in [-0.25, -0.2) is 0 Å². The Morgan fingerprint density at radius 3 is 2.15 bits per heavy atom. The molecule has 41 heavy (non-hydrogen) atoms. The Hall–Kier alpha value is -4.24. The summed E-state index contributed by atoms with van der Waals surface area (Å²) in [6.07, 6.45) is 9.06. The third-order valence-electron chi connectivity index (χ3n) is 7.16. The average Bonchev–Trinajstić information content (AvgIpc) is 2.98. The van der Waals surface area contributed by atoms with E-state index in [9.17, 15) is 19.2 Å². The molecule has 1 aliphatic carbocycles. The summed E-state index contributed by atoms with van der Waals surface area (Å²) in [5, 5.41) is 14.3. The van der Waals surface area contributed by atoms with E-state index in [1.807, 2.05) is 18.2 Å². The smallest absolute Gasteiger partial charge is 0.303 e. The second kappa shape index (κ2) is 16.1. The van der Waals surface area contributed by atoms with Crippen LogP contribution in [-0.2, 0) is 19.2 Å². The van der Waals surface area contributed by atoms with Crippen molar-refractivity contribution in [1.82, 2.24) is 10.6 Å². The largest absolute Gasteiger partial charge is 0.481 e. The third-order valence-corrected chi connectivity index (χ3v) is 7.16. The van der Waals surface area contributed by atoms with Crippen LogP contribution in [0.4, 0.5) is 0 Å². The summed E-state index contributed by atoms with van der Waals surface area (Å²) in [7, 11) is 0. The Morgan fingerprint density at radius 1 is 0.854 bits per heavy atom. The van der Waals surface area contributed by atoms with Crippen LogP contribution in [0.15, 0.2) is 72.8 Å². The van der Waals surface area contributed by atoms with Gasteiger partial charge < -0.3 is 27.2 Å². The van der Waals surface area contributed by atoms with Crippen LogP contribution < -0.4 is 22.1 Å². The van der Waals surface area contributed by atoms with Gasteiger partial charge in [0.2, 0.25) is 17.7 Å². The molecule has 1 unspecified atom stereocenters. The molecule has 0 fully saturated rings. The summed E-state index contributed by atoms with van der Waals surface area (Å²) in [5.41, 5.74) is 15.5. The van der Waals surface area contributed by atoms with Crippen LogP contribution in [0.2, 0.25) is 0 Å². The molecular weight excluding hydrogens is 520 g/mol. The Labute approximate surface area is 241 Å². The predicted molar refractivity (Wildman–Crippen MR) is 159 cm³/mol. The highest BCUT2D eigenvalue weighted by Crippen LogP contribution is 2.28. The summed E-state index contributed by atoms with van der Waals surface area (Å²) in [6.45, 7) is 0.450. The summed E-state index contributed by atoms with van der Waals surface area (Å²) in [6, 6.07) is 16.6. The molecular formula is C32H40N4O5. The number of allylic oxidation sites excluding steroid dienone is 4. The summed E-state index contributed by atoms with van der Waals surface area (Å²) < 4.78 is 0. The molecule has 218 valence electrons. The maximum Gasteiger partial charge on any atom is 0.303 e. The molecule has 9 heteroatoms. The number of nitrogens with two attached hydrogens (primary N) is 2. The van der Waals surface area contributed by atoms with E-state index in [1.54, 1.807) is 0 Å². The average molecular weight is 561 g/mol. The highest BCUT2D eigenvalue weighted by atomic mass is 16.4. The Kier molecular flexibility index (Phi) is 12.3. The van der Waals surface area contributed by atoms with E-state index >= 15 is 0 Å². The van der Waals surface area contributed by atoms with E-state index in [1.165, 1.54) is 5.56 Å². The highest BCUT2D eigenvalue weighted by Gasteiger charge is 2.26. The van der Waals surface area contributed by atoms with Crippen LogP contribution in [0.5, 0.6) is 0 Å². The molecule has 7 N–H and O–H groups in total. The first-order valence-corrected chi connectivity index (χ1v) is 14.1. The molecule has 3 atom stereocenters. The van der Waals surface area contributed by atoms with Crippen LogP contribution in [0, 0.1) is 5.92 Å². The zero-order valence-corrected chi connectivity index (χ0v) is 23.3. The van der Waals surface area contributed by atoms with Crippen LogP contribution >= 0.6 is 0 Å². The number of hydrogen-bond acceptors (Lipinski definition) is 5. The first-order chi connectivity index (χ1) is 19.8. The van der Waals surface area contributed by atoms with Crippen LogP contribution in [0.1, 0.15) is 56.9 Å². The lowest BCUT2D eigenvalue weighted by molar-refractivity contribution is -0.138. The zero-order chi connectivity index (χ0) is 29.6. The number of nitrogens with one attached hydrogen (secondary N) is 2. The number of amides is 3. The fourth-order valence-electron chi connectivity index (χ4n) is 4.75. The fraction of sp³-hybridized carbons (Fsp3) is 0.375. The number of aliphatic carboxylic acids is 1. The number of rotatable bonds is 16. The molecule has 0 heterocycles. The van der Waals surface area contributed by atoms with Crippen molar-refractivity contribution in [2.24, 2.45) is 17.4 Å². The van der Waals surface area contributed by atoms with Crippen LogP contribution in [0.3, 0.4) is 0 Å². The van der Waals surface area contributed by atoms with Crippen molar-refractivity contribution in [3.63, 3.8) is 0 Å². The van der Waals surface area contributed by atoms with E-state index in [0.717, 1.165) is 23.1 Å². The van der Waals surface area contributed by atoms with Gasteiger partial charge in [0.05, 0.1) is 0 Å². The Morgan fingerprint density at radius 2 is 1.54 bits per heavy atom. The number of carboxylic acids is 1. The van der Waals surface area contributed by atoms with Crippen molar-refractivity contribution in [2.45, 2.75) is 63.5 Å². The van der Waals surface area contributed by atoms with Crippen molar-refractivity contribution in [3.8, 4) is 11.1 Å². The van der Waals surface area contributed by atoms with Gasteiger partial charge >= 0.3 is 5.97 Å². The lowest BCUT2D eigenvalue weighted by Gasteiger charge is -2.22. The monoisotopic (exact) mass is 560 g/mol. The topological polar surface area (TPSA) is 165 Å². The van der Waals surface area contributed by atoms with Gasteiger partial charge in [0.25, 0.3) is 0 Å². The van der Waals surface area contributed by atoms with E-state index in [4.69, 9.17) is 16.6 Å². The normalized spacial score (nSPS) is 15.8. The number of primary amides is 1. The quantitative estimate of drug-likeness (QED) is 0.197. The molecule has 3 rings (SSSR count). The highest BCUT2D eigenvalue weighted by molar-refractivity contribution is 5.91. The van der Waals surface area contributed by atoms with Crippen molar-refractivity contribution >= 4 is 29.3 Å². The molecule has 2 aromatic carbocycles. The third kappa shape index (κ3) is 10.3. The molecule has 2 aromatic rings. The number of unbranched alkanes of at least 4 members (excludes halogenated alkanes) is 1. The number of carbonyl (C=O) groups is 4. The molecule has 0 aromatic heterocycles. The summed E-state index contributed by atoms with van der Waals surface area (Å²) >= 11 is 0. The molecule has 1 aliphatic rings. The van der Waals surface area contributed by atoms with Crippen LogP contribution in [-0.4, -0.2) is 47.4 Å². The molecule has 3 amide bonds. The number of carbonyl (C=O) groups excluding carboxylic acids is 3. The van der Waals surface area contributed by atoms with Crippen molar-refractivity contribution in [2.75, 3.05) is 6.54 Å². The molecule has 9 nitrogen and oxygen atoms in total. The number of benzene rings is 2. The molecule has 0 aliphatic heterocycles. The minimum absolute atomic E-state index is 0.0975. The number of carboxylic acid groups (broad SMARTS) is 1. The van der Waals surface area contributed by atoms with Crippen LogP contribution in [0.25, 0.3) is 16.7 Å². The minimum atomic E-state index is -1.09. The van der Waals surface area contributed by atoms with Gasteiger partial charge in [-0.3, -0.25) is 19.2 Å². The first-order valence-electron chi connectivity index (χ1n) is 14.1. The van der Waals surface area contributed by atoms with Gasteiger partial charge in [0.1, 0.15) is 12.1 Å². The zero-order valence-electron chi connectivity index (χ0n) is 23.3. The molecule has 0 bridgehead atoms. The second-order valence-corrected chi connectivity index (χ2v) is 10.3. The summed E-state index contributed by atoms with van der Waals surface area (Å²) in [5.74, 6) is -2.59. The standard InChI is InChI=1S/C32H40N4O5/c33-21-5-4-8-27(31(34)40)36-32(41)28(18-20-30(38)39)35-29(37)19-11-22-9-12-24(13-10-22)26-16-14-25(15-17-26)23-6-2-1-3-7-23/h1-3,6-7,9,12-17,22,27-28H,4-5,8,10-11,18-21,33H2,(H2,34,40)(H,35,37)(H,36,41)(H,38,39)/t22?,27-,28-/m0/s1. The second-order valence-electron chi connectivity index (χ2n) is 10.3. The van der Waals surface area contributed by atoms with Gasteiger partial charge in [0, 0.05) is 12.8 Å². The van der Waals surface area contributed by atoms with E-state index in [-0.39, 0.29) is 31.1 Å². The van der Waals surface area contributed by atoms with Gasteiger partial charge in [-0.2, -0.15) is 0 Å². The first kappa shape index (κ1) is 31.3. The lowest BCUT2D eigenvalue weighted by Crippen LogP contribution is -2.53. The summed E-state index contributed by atoms with van der Waals surface area (Å²) in [4.78, 5) is 48.5. The van der Waals surface area contributed by atoms with Gasteiger partial charge in [0.15, 0.2) is 0 Å². The molecule has 0 saturated carbocycles. The van der Waals surface area contributed by atoms with Gasteiger partial charge in [-0.05, 0) is 73.3 Å². The maximum absolute atomic E-state index is 12.8. The molecule has 0 radical (unpaired) electrons. The molecule has 0 saturated heterocycles. The van der Waals surface area contributed by atoms with E-state index in [2.05, 4.69) is 65.3 Å². The van der Waals surface area contributed by atoms with Crippen molar-refractivity contribution in [3.05, 3.63) is 78.4 Å². The predicted octanol–water partition coefficient (Wildman–Crippen LogP) is 3.54. The Balaban J connectivity index is 1.51. The maximum atomic E-state index is 12.8. The fourth-order valence-corrected chi connectivity index (χ4v) is 4.75. The minimum Gasteiger partial charge on any atom is -0.481 e. The van der Waals surface area contributed by atoms with Gasteiger partial charge in [-0.15, -0.1) is 0 Å². The Bertz CT molecular complexity index is 1240.